The Kier molecular flexibility index (Phi) is 5.19. The molecule has 0 spiro atoms. The van der Waals surface area contributed by atoms with E-state index in [1.807, 2.05) is 0 Å². The first-order valence-electron chi connectivity index (χ1n) is 6.81. The maximum Gasteiger partial charge on any atom is 0.184 e. The van der Waals surface area contributed by atoms with E-state index in [0.717, 1.165) is 0 Å². The molecule has 0 saturated carbocycles. The summed E-state index contributed by atoms with van der Waals surface area (Å²) in [6.07, 6.45) is -8.29. The molecule has 2 heterocycles. The molecule has 2 aliphatic heterocycles. The van der Waals surface area contributed by atoms with Gasteiger partial charge in [0, 0.05) is 12.0 Å². The van der Waals surface area contributed by atoms with Gasteiger partial charge in [0.15, 0.2) is 12.6 Å². The van der Waals surface area contributed by atoms with Crippen LogP contribution in [0.25, 0.3) is 0 Å². The fourth-order valence-corrected chi connectivity index (χ4v) is 2.42. The molecule has 2 rings (SSSR count). The number of hydrogen-bond donors (Lipinski definition) is 6. The highest BCUT2D eigenvalue weighted by Crippen LogP contribution is 2.28. The third-order valence-corrected chi connectivity index (χ3v) is 3.96. The molecule has 21 heavy (non-hydrogen) atoms. The summed E-state index contributed by atoms with van der Waals surface area (Å²) in [5, 5.41) is 48.2. The zero-order valence-electron chi connectivity index (χ0n) is 11.7. The lowest BCUT2D eigenvalue weighted by atomic mass is 9.90. The third-order valence-electron chi connectivity index (χ3n) is 3.96. The Morgan fingerprint density at radius 3 is 2.48 bits per heavy atom. The Morgan fingerprint density at radius 1 is 1.24 bits per heavy atom. The van der Waals surface area contributed by atoms with E-state index in [2.05, 4.69) is 0 Å². The summed E-state index contributed by atoms with van der Waals surface area (Å²) in [6.45, 7) is 1.05. The van der Waals surface area contributed by atoms with Gasteiger partial charge in [-0.1, -0.05) is 0 Å². The maximum absolute atomic E-state index is 9.96. The second kappa shape index (κ2) is 6.41. The van der Waals surface area contributed by atoms with E-state index < -0.39 is 55.2 Å². The molecule has 2 aliphatic rings. The van der Waals surface area contributed by atoms with E-state index >= 15 is 0 Å². The highest BCUT2D eigenvalue weighted by molar-refractivity contribution is 4.93. The molecule has 2 fully saturated rings. The molecule has 2 saturated heterocycles. The standard InChI is InChI=1S/C12H23NO8/c1-12(13)2-7(19-4-6(12)15)21-10-9(17)8(16)5(3-14)20-11(10)18/h5-11,14-18H,2-4,13H2,1H3/t5-,6-,7+,8-,9+,10-,11-,12+/m1/s1. The topological polar surface area (TPSA) is 155 Å². The van der Waals surface area contributed by atoms with Gasteiger partial charge in [-0.25, -0.2) is 0 Å². The predicted molar refractivity (Wildman–Crippen MR) is 67.8 cm³/mol. The first kappa shape index (κ1) is 17.0. The number of nitrogens with two attached hydrogens (primary N) is 1. The monoisotopic (exact) mass is 309 g/mol. The summed E-state index contributed by atoms with van der Waals surface area (Å²) in [6, 6.07) is 0. The van der Waals surface area contributed by atoms with Gasteiger partial charge in [0.2, 0.25) is 0 Å². The Labute approximate surface area is 121 Å². The Morgan fingerprint density at radius 2 is 1.90 bits per heavy atom. The quantitative estimate of drug-likeness (QED) is 0.313. The van der Waals surface area contributed by atoms with Gasteiger partial charge in [-0.15, -0.1) is 0 Å². The van der Waals surface area contributed by atoms with Crippen LogP contribution >= 0.6 is 0 Å². The highest BCUT2D eigenvalue weighted by Gasteiger charge is 2.47. The molecule has 8 atom stereocenters. The molecule has 0 bridgehead atoms. The summed E-state index contributed by atoms with van der Waals surface area (Å²) >= 11 is 0. The molecule has 9 nitrogen and oxygen atoms in total. The number of aliphatic hydroxyl groups excluding tert-OH is 5. The minimum absolute atomic E-state index is 0.0424. The van der Waals surface area contributed by atoms with Crippen LogP contribution in [0, 0.1) is 0 Å². The minimum atomic E-state index is -1.53. The second-order valence-electron chi connectivity index (χ2n) is 5.82. The SMILES string of the molecule is C[C@]1(N)C[C@H](O[C@@H]2[C@@H](O)[C@H](O)[C@@H](CO)O[C@H]2O)OC[C@H]1O. The normalized spacial score (nSPS) is 51.9. The Balaban J connectivity index is 1.99. The van der Waals surface area contributed by atoms with Gasteiger partial charge >= 0.3 is 0 Å². The average molecular weight is 309 g/mol. The van der Waals surface area contributed by atoms with E-state index in [4.69, 9.17) is 25.1 Å². The summed E-state index contributed by atoms with van der Waals surface area (Å²) < 4.78 is 15.7. The summed E-state index contributed by atoms with van der Waals surface area (Å²) in [7, 11) is 0. The Hall–Kier alpha value is -0.360. The molecule has 0 unspecified atom stereocenters. The van der Waals surface area contributed by atoms with Gasteiger partial charge < -0.3 is 45.5 Å². The number of hydrogen-bond acceptors (Lipinski definition) is 9. The van der Waals surface area contributed by atoms with Crippen molar-refractivity contribution in [3.63, 3.8) is 0 Å². The predicted octanol–water partition coefficient (Wildman–Crippen LogP) is -3.37. The van der Waals surface area contributed by atoms with Crippen LogP contribution in [0.1, 0.15) is 13.3 Å². The fourth-order valence-electron chi connectivity index (χ4n) is 2.42. The van der Waals surface area contributed by atoms with Crippen LogP contribution in [0.5, 0.6) is 0 Å². The van der Waals surface area contributed by atoms with Gasteiger partial charge in [-0.3, -0.25) is 0 Å². The summed E-state index contributed by atoms with van der Waals surface area (Å²) in [5.74, 6) is 0. The summed E-state index contributed by atoms with van der Waals surface area (Å²) in [5.41, 5.74) is 4.98. The van der Waals surface area contributed by atoms with E-state index in [9.17, 15) is 20.4 Å². The average Bonchev–Trinajstić information content (AvgIpc) is 2.42. The molecule has 0 aromatic rings. The smallest absolute Gasteiger partial charge is 0.184 e. The van der Waals surface area contributed by atoms with Crippen LogP contribution in [-0.4, -0.2) is 87.4 Å². The third kappa shape index (κ3) is 3.52. The lowest BCUT2D eigenvalue weighted by Gasteiger charge is -2.44. The van der Waals surface area contributed by atoms with Crippen LogP contribution in [0.4, 0.5) is 0 Å². The first-order valence-corrected chi connectivity index (χ1v) is 6.81. The van der Waals surface area contributed by atoms with Crippen molar-refractivity contribution in [2.24, 2.45) is 5.73 Å². The van der Waals surface area contributed by atoms with Crippen LogP contribution < -0.4 is 5.73 Å². The number of ether oxygens (including phenoxy) is 3. The molecular formula is C12H23NO8. The Bertz CT molecular complexity index is 354. The maximum atomic E-state index is 9.96. The van der Waals surface area contributed by atoms with Gasteiger partial charge in [0.05, 0.1) is 19.3 Å². The van der Waals surface area contributed by atoms with Crippen molar-refractivity contribution in [3.05, 3.63) is 0 Å². The highest BCUT2D eigenvalue weighted by atomic mass is 16.7. The first-order chi connectivity index (χ1) is 9.76. The van der Waals surface area contributed by atoms with Gasteiger partial charge in [-0.2, -0.15) is 0 Å². The van der Waals surface area contributed by atoms with Crippen LogP contribution in [0.2, 0.25) is 0 Å². The minimum Gasteiger partial charge on any atom is -0.394 e. The van der Waals surface area contributed by atoms with Gasteiger partial charge in [-0.05, 0) is 6.92 Å². The lowest BCUT2D eigenvalue weighted by molar-refractivity contribution is -0.332. The molecule has 0 aromatic carbocycles. The molecule has 9 heteroatoms. The molecule has 124 valence electrons. The van der Waals surface area contributed by atoms with Crippen molar-refractivity contribution >= 4 is 0 Å². The van der Waals surface area contributed by atoms with E-state index in [0.29, 0.717) is 0 Å². The lowest BCUT2D eigenvalue weighted by Crippen LogP contribution is -2.62. The fraction of sp³-hybridized carbons (Fsp3) is 1.00. The van der Waals surface area contributed by atoms with E-state index in [1.165, 1.54) is 0 Å². The van der Waals surface area contributed by atoms with Crippen molar-refractivity contribution in [1.29, 1.82) is 0 Å². The molecule has 0 amide bonds. The van der Waals surface area contributed by atoms with E-state index in [-0.39, 0.29) is 13.0 Å². The number of aliphatic hydroxyl groups is 5. The van der Waals surface area contributed by atoms with Crippen LogP contribution in [0.15, 0.2) is 0 Å². The van der Waals surface area contributed by atoms with Gasteiger partial charge in [0.1, 0.15) is 24.4 Å². The largest absolute Gasteiger partial charge is 0.394 e. The van der Waals surface area contributed by atoms with Crippen molar-refractivity contribution in [1.82, 2.24) is 0 Å². The van der Waals surface area contributed by atoms with Crippen molar-refractivity contribution in [2.45, 2.75) is 62.0 Å². The molecule has 0 aromatic heterocycles. The van der Waals surface area contributed by atoms with Crippen LogP contribution in [-0.2, 0) is 14.2 Å². The summed E-state index contributed by atoms with van der Waals surface area (Å²) in [4.78, 5) is 0. The molecule has 0 radical (unpaired) electrons. The second-order valence-corrected chi connectivity index (χ2v) is 5.82. The molecular weight excluding hydrogens is 286 g/mol. The molecule has 7 N–H and O–H groups in total. The zero-order valence-corrected chi connectivity index (χ0v) is 11.7. The van der Waals surface area contributed by atoms with Gasteiger partial charge in [0.25, 0.3) is 0 Å². The van der Waals surface area contributed by atoms with Crippen LogP contribution in [0.3, 0.4) is 0 Å². The van der Waals surface area contributed by atoms with Crippen molar-refractivity contribution in [3.8, 4) is 0 Å². The van der Waals surface area contributed by atoms with Crippen molar-refractivity contribution < 1.29 is 39.7 Å². The van der Waals surface area contributed by atoms with Crippen molar-refractivity contribution in [2.75, 3.05) is 13.2 Å². The number of rotatable bonds is 3. The zero-order chi connectivity index (χ0) is 15.8. The molecule has 0 aliphatic carbocycles. The van der Waals surface area contributed by atoms with E-state index in [1.54, 1.807) is 6.92 Å².